The van der Waals surface area contributed by atoms with Crippen molar-refractivity contribution in [1.82, 2.24) is 49.8 Å². The summed E-state index contributed by atoms with van der Waals surface area (Å²) in [4.78, 5) is 79.9. The number of aromatic amines is 1. The smallest absolute Gasteiger partial charge is 0.411 e. The second kappa shape index (κ2) is 26.1. The van der Waals surface area contributed by atoms with E-state index in [-0.39, 0.29) is 47.9 Å². The predicted octanol–water partition coefficient (Wildman–Crippen LogP) is 5.41. The number of aromatic nitrogens is 4. The quantitative estimate of drug-likeness (QED) is 0.126. The summed E-state index contributed by atoms with van der Waals surface area (Å²) in [6.07, 6.45) is 11.0. The number of allylic oxidation sites excluding steroid dienone is 1. The lowest BCUT2D eigenvalue weighted by atomic mass is 9.90. The zero-order chi connectivity index (χ0) is 55.5. The summed E-state index contributed by atoms with van der Waals surface area (Å²) in [6, 6.07) is 14.5. The van der Waals surface area contributed by atoms with Gasteiger partial charge >= 0.3 is 6.09 Å². The van der Waals surface area contributed by atoms with E-state index in [1.54, 1.807) is 58.2 Å². The molecule has 1 aliphatic carbocycles. The van der Waals surface area contributed by atoms with Crippen molar-refractivity contribution in [2.24, 2.45) is 5.92 Å². The highest BCUT2D eigenvalue weighted by molar-refractivity contribution is 5.95. The number of nitrogens with zero attached hydrogens (tertiary/aromatic N) is 10. The molecule has 8 rings (SSSR count). The number of rotatable bonds is 19. The van der Waals surface area contributed by atoms with Crippen molar-refractivity contribution < 1.29 is 33.0 Å². The molecule has 19 heteroatoms. The molecule has 1 saturated carbocycles. The van der Waals surface area contributed by atoms with Crippen LogP contribution in [0.4, 0.5) is 15.0 Å². The number of hydrogen-bond donors (Lipinski definition) is 1. The Balaban J connectivity index is 0.751. The Morgan fingerprint density at radius 1 is 0.897 bits per heavy atom. The number of carbonyl (C=O) groups excluding carboxylic acids is 4. The minimum Gasteiger partial charge on any atom is -0.456 e. The molecule has 0 spiro atoms. The van der Waals surface area contributed by atoms with Gasteiger partial charge in [-0.2, -0.15) is 10.2 Å². The molecule has 418 valence electrons. The van der Waals surface area contributed by atoms with Gasteiger partial charge in [-0.15, -0.1) is 5.10 Å². The number of benzene rings is 2. The van der Waals surface area contributed by atoms with Gasteiger partial charge in [0, 0.05) is 107 Å². The average molecular weight is 1070 g/mol. The van der Waals surface area contributed by atoms with Crippen molar-refractivity contribution in [3.63, 3.8) is 0 Å². The van der Waals surface area contributed by atoms with Crippen LogP contribution in [0.1, 0.15) is 107 Å². The fourth-order valence-electron chi connectivity index (χ4n) is 10.6. The topological polar surface area (TPSA) is 181 Å². The van der Waals surface area contributed by atoms with Gasteiger partial charge in [-0.05, 0) is 114 Å². The highest BCUT2D eigenvalue weighted by atomic mass is 19.1. The van der Waals surface area contributed by atoms with Crippen molar-refractivity contribution in [2.45, 2.75) is 97.6 Å². The highest BCUT2D eigenvalue weighted by Crippen LogP contribution is 2.33. The molecule has 3 aliphatic heterocycles. The Morgan fingerprint density at radius 3 is 2.35 bits per heavy atom. The molecule has 2 aromatic heterocycles. The minimum atomic E-state index is -0.627. The number of piperazine rings is 2. The van der Waals surface area contributed by atoms with Crippen LogP contribution in [0, 0.1) is 11.7 Å². The van der Waals surface area contributed by atoms with Crippen molar-refractivity contribution >= 4 is 41.8 Å². The van der Waals surface area contributed by atoms with E-state index >= 15 is 4.39 Å². The number of H-pyrrole nitrogens is 1. The maximum absolute atomic E-state index is 15.2. The molecule has 1 N–H and O–H groups in total. The van der Waals surface area contributed by atoms with E-state index < -0.39 is 23.4 Å². The second-order valence-corrected chi connectivity index (χ2v) is 22.2. The Labute approximate surface area is 457 Å². The van der Waals surface area contributed by atoms with E-state index in [4.69, 9.17) is 9.47 Å². The summed E-state index contributed by atoms with van der Waals surface area (Å²) >= 11 is 0. The van der Waals surface area contributed by atoms with Gasteiger partial charge in [0.25, 0.3) is 11.5 Å². The molecule has 4 aromatic rings. The van der Waals surface area contributed by atoms with Crippen LogP contribution in [-0.2, 0) is 20.7 Å². The third-order valence-electron chi connectivity index (χ3n) is 15.2. The molecule has 0 radical (unpaired) electrons. The number of likely N-dealkylation sites (tertiary alicyclic amines) is 1. The average Bonchev–Trinajstić information content (AvgIpc) is 4.30. The number of ether oxygens (including phenoxy) is 2. The summed E-state index contributed by atoms with van der Waals surface area (Å²) in [5.41, 5.74) is 1.35. The zero-order valence-electron chi connectivity index (χ0n) is 46.4. The third kappa shape index (κ3) is 15.2. The zero-order valence-corrected chi connectivity index (χ0v) is 46.4. The van der Waals surface area contributed by atoms with Crippen LogP contribution in [0.25, 0.3) is 12.2 Å². The number of halogens is 1. The second-order valence-electron chi connectivity index (χ2n) is 22.2. The molecule has 78 heavy (non-hydrogen) atoms. The van der Waals surface area contributed by atoms with Crippen molar-refractivity contribution in [3.8, 4) is 11.5 Å². The molecular weight excluding hydrogens is 994 g/mol. The molecule has 4 aliphatic rings. The molecule has 2 aromatic carbocycles. The van der Waals surface area contributed by atoms with E-state index in [2.05, 4.69) is 61.6 Å². The Morgan fingerprint density at radius 2 is 1.64 bits per heavy atom. The largest absolute Gasteiger partial charge is 0.456 e. The SMILES string of the molecule is C=C/C=c1/c(Cc2ccc(F)c(C(=O)N3CCN(C(=O)CN(CC)CCC(C)CN4CCN(c5cc(Oc6cccc(C7CCCN(C(=O)CN(C(=O)OC(C)(C)C)C8CC8)C7)c6)cnn5)CC4)CC3)c2)n[nH]c(=O)/c1=C/C. The lowest BCUT2D eigenvalue weighted by molar-refractivity contribution is -0.134. The van der Waals surface area contributed by atoms with Crippen molar-refractivity contribution in [2.75, 3.05) is 103 Å². The fraction of sp³-hybridized carbons (Fsp3) is 0.525. The van der Waals surface area contributed by atoms with E-state index in [1.807, 2.05) is 49.9 Å². The van der Waals surface area contributed by atoms with Crippen molar-refractivity contribution in [1.29, 1.82) is 0 Å². The molecule has 2 atom stereocenters. The predicted molar refractivity (Wildman–Crippen MR) is 298 cm³/mol. The van der Waals surface area contributed by atoms with Crippen LogP contribution in [0.2, 0.25) is 0 Å². The molecule has 18 nitrogen and oxygen atoms in total. The molecule has 5 heterocycles. The summed E-state index contributed by atoms with van der Waals surface area (Å²) in [5, 5.41) is 16.6. The Hall–Kier alpha value is -6.99. The lowest BCUT2D eigenvalue weighted by Crippen LogP contribution is -2.52. The lowest BCUT2D eigenvalue weighted by Gasteiger charge is -2.37. The fourth-order valence-corrected chi connectivity index (χ4v) is 10.6. The van der Waals surface area contributed by atoms with Gasteiger partial charge in [0.05, 0.1) is 24.0 Å². The van der Waals surface area contributed by atoms with Crippen LogP contribution in [-0.4, -0.2) is 183 Å². The van der Waals surface area contributed by atoms with E-state index in [1.165, 1.54) is 6.07 Å². The molecule has 3 saturated heterocycles. The van der Waals surface area contributed by atoms with Crippen LogP contribution in [0.3, 0.4) is 0 Å². The summed E-state index contributed by atoms with van der Waals surface area (Å²) < 4.78 is 27.2. The van der Waals surface area contributed by atoms with Crippen molar-refractivity contribution in [3.05, 3.63) is 116 Å². The number of likely N-dealkylation sites (N-methyl/N-ethyl adjacent to an activating group) is 1. The van der Waals surface area contributed by atoms with Crippen LogP contribution >= 0.6 is 0 Å². The maximum Gasteiger partial charge on any atom is 0.411 e. The molecule has 0 bridgehead atoms. The van der Waals surface area contributed by atoms with Gasteiger partial charge in [-0.1, -0.05) is 56.9 Å². The molecule has 4 amide bonds. The van der Waals surface area contributed by atoms with E-state index in [0.29, 0.717) is 84.9 Å². The first-order valence-electron chi connectivity index (χ1n) is 27.8. The number of hydrogen-bond acceptors (Lipinski definition) is 13. The highest BCUT2D eigenvalue weighted by Gasteiger charge is 2.38. The number of amides is 4. The Kier molecular flexibility index (Phi) is 19.1. The number of anilines is 1. The number of carbonyl (C=O) groups is 4. The molecule has 4 fully saturated rings. The maximum atomic E-state index is 15.2. The standard InChI is InChI=1S/C59H78FN11O7/c1-8-13-49-48(9-2)56(74)64-62-52(49)33-42-17-20-51(60)50(32-42)57(75)69-30-28-68(29-31-69)54(72)39-65(10-3)23-21-41(4)37-66-24-26-67(27-25-66)53-35-47(36-61-63-53)77-46-16-11-14-43(34-46)44-15-12-22-70(38-44)55(73)40-71(45-18-19-45)58(76)78-59(5,6)7/h8-9,11,13-14,16-17,20,32,34-36,41,44-45H,1,10,12,15,18-19,21-31,33,37-40H2,2-7H3,(H,64,74)/b48-9+,49-13+. The van der Waals surface area contributed by atoms with Crippen LogP contribution in [0.15, 0.2) is 72.2 Å². The summed E-state index contributed by atoms with van der Waals surface area (Å²) in [7, 11) is 0. The van der Waals surface area contributed by atoms with Gasteiger partial charge in [-0.3, -0.25) is 33.9 Å². The van der Waals surface area contributed by atoms with Gasteiger partial charge in [-0.25, -0.2) is 14.3 Å². The van der Waals surface area contributed by atoms with E-state index in [9.17, 15) is 24.0 Å². The van der Waals surface area contributed by atoms with Gasteiger partial charge in [0.1, 0.15) is 23.7 Å². The molecule has 2 unspecified atom stereocenters. The number of piperidine rings is 1. The minimum absolute atomic E-state index is 0.0205. The summed E-state index contributed by atoms with van der Waals surface area (Å²) in [6.45, 7) is 24.1. The normalized spacial score (nSPS) is 18.3. The first-order chi connectivity index (χ1) is 37.5. The van der Waals surface area contributed by atoms with Gasteiger partial charge in [0.2, 0.25) is 11.8 Å². The Bertz CT molecular complexity index is 2960. The van der Waals surface area contributed by atoms with E-state index in [0.717, 1.165) is 89.3 Å². The first kappa shape index (κ1) is 57.2. The van der Waals surface area contributed by atoms with Gasteiger partial charge in [0.15, 0.2) is 11.6 Å². The van der Waals surface area contributed by atoms with Crippen LogP contribution < -0.4 is 25.6 Å². The monoisotopic (exact) mass is 1070 g/mol. The summed E-state index contributed by atoms with van der Waals surface area (Å²) in [5.74, 6) is 1.53. The first-order valence-corrected chi connectivity index (χ1v) is 27.8. The van der Waals surface area contributed by atoms with Crippen LogP contribution in [0.5, 0.6) is 11.5 Å². The van der Waals surface area contributed by atoms with Gasteiger partial charge < -0.3 is 29.1 Å². The third-order valence-corrected chi connectivity index (χ3v) is 15.2. The molecular formula is C59H78FN11O7. The number of nitrogens with one attached hydrogen (secondary N) is 1.